The van der Waals surface area contributed by atoms with Crippen LogP contribution in [0.3, 0.4) is 0 Å². The molecule has 1 atom stereocenters. The minimum absolute atomic E-state index is 0.0845. The summed E-state index contributed by atoms with van der Waals surface area (Å²) in [6.45, 7) is 0.595. The van der Waals surface area contributed by atoms with Crippen LogP contribution < -0.4 is 0 Å². The molecule has 1 saturated heterocycles. The number of carboxylic acids is 4. The van der Waals surface area contributed by atoms with Gasteiger partial charge in [-0.25, -0.2) is 0 Å². The minimum Gasteiger partial charge on any atom is -0.480 e. The fourth-order valence-electron chi connectivity index (χ4n) is 3.39. The Morgan fingerprint density at radius 3 is 1.40 bits per heavy atom. The van der Waals surface area contributed by atoms with Crippen LogP contribution in [0.1, 0.15) is 0 Å². The van der Waals surface area contributed by atoms with Gasteiger partial charge in [-0.15, -0.1) is 0 Å². The maximum Gasteiger partial charge on any atom is 0.317 e. The summed E-state index contributed by atoms with van der Waals surface area (Å²) < 4.78 is 0. The molecule has 0 aromatic carbocycles. The molecular formula is C17H29BN4O8. The van der Waals surface area contributed by atoms with E-state index in [1.807, 2.05) is 0 Å². The average molecular weight is 428 g/mol. The Hall–Kier alpha value is -2.22. The molecule has 1 rings (SSSR count). The van der Waals surface area contributed by atoms with Crippen LogP contribution in [0.15, 0.2) is 0 Å². The Labute approximate surface area is 176 Å². The van der Waals surface area contributed by atoms with E-state index in [0.717, 1.165) is 0 Å². The van der Waals surface area contributed by atoms with Crippen molar-refractivity contribution in [1.29, 1.82) is 0 Å². The largest absolute Gasteiger partial charge is 0.480 e. The first-order valence-corrected chi connectivity index (χ1v) is 9.59. The molecule has 0 spiro atoms. The van der Waals surface area contributed by atoms with Gasteiger partial charge in [0.25, 0.3) is 0 Å². The van der Waals surface area contributed by atoms with Crippen molar-refractivity contribution >= 4 is 31.7 Å². The predicted octanol–water partition coefficient (Wildman–Crippen LogP) is -2.50. The highest BCUT2D eigenvalue weighted by Crippen LogP contribution is 2.09. The lowest BCUT2D eigenvalue weighted by Crippen LogP contribution is -2.52. The molecular weight excluding hydrogens is 399 g/mol. The average Bonchev–Trinajstić information content (AvgIpc) is 2.61. The van der Waals surface area contributed by atoms with Crippen LogP contribution in [0, 0.1) is 0 Å². The van der Waals surface area contributed by atoms with Crippen molar-refractivity contribution in [3.05, 3.63) is 0 Å². The lowest BCUT2D eigenvalue weighted by atomic mass is 9.95. The predicted molar refractivity (Wildman–Crippen MR) is 106 cm³/mol. The standard InChI is InChI=1S/C17H29BN4O8/c18-7-13-8-21(11-16(27)28)4-3-19(9-14(23)24)1-2-20(10-15(25)26)5-6-22(13)12-17(29)30/h13H,1-12H2,(H,23,24)(H,25,26)(H,27,28)(H,29,30). The highest BCUT2D eigenvalue weighted by molar-refractivity contribution is 6.09. The maximum atomic E-state index is 11.3. The first kappa shape index (κ1) is 25.8. The second-order valence-corrected chi connectivity index (χ2v) is 7.22. The van der Waals surface area contributed by atoms with Gasteiger partial charge >= 0.3 is 23.9 Å². The highest BCUT2D eigenvalue weighted by Gasteiger charge is 2.25. The molecule has 1 aliphatic heterocycles. The molecule has 1 heterocycles. The van der Waals surface area contributed by atoms with E-state index in [1.165, 1.54) is 0 Å². The van der Waals surface area contributed by atoms with E-state index in [1.54, 1.807) is 19.6 Å². The number of hydrogen-bond acceptors (Lipinski definition) is 8. The van der Waals surface area contributed by atoms with Crippen LogP contribution in [0.4, 0.5) is 0 Å². The van der Waals surface area contributed by atoms with E-state index in [0.29, 0.717) is 0 Å². The monoisotopic (exact) mass is 428 g/mol. The zero-order valence-corrected chi connectivity index (χ0v) is 16.9. The molecule has 168 valence electrons. The van der Waals surface area contributed by atoms with Gasteiger partial charge in [0.05, 0.1) is 34.0 Å². The summed E-state index contributed by atoms with van der Waals surface area (Å²) in [5.74, 6) is -4.20. The van der Waals surface area contributed by atoms with Crippen LogP contribution >= 0.6 is 0 Å². The molecule has 1 fully saturated rings. The summed E-state index contributed by atoms with van der Waals surface area (Å²) in [5.41, 5.74) is 0. The zero-order valence-electron chi connectivity index (χ0n) is 16.9. The van der Waals surface area contributed by atoms with Gasteiger partial charge in [0.1, 0.15) is 0 Å². The molecule has 2 radical (unpaired) electrons. The molecule has 0 amide bonds. The molecule has 0 aliphatic carbocycles. The van der Waals surface area contributed by atoms with Gasteiger partial charge in [0, 0.05) is 51.9 Å². The summed E-state index contributed by atoms with van der Waals surface area (Å²) in [6, 6.07) is -0.459. The van der Waals surface area contributed by atoms with E-state index in [-0.39, 0.29) is 78.3 Å². The molecule has 0 aromatic heterocycles. The van der Waals surface area contributed by atoms with Gasteiger partial charge in [-0.1, -0.05) is 6.32 Å². The Balaban J connectivity index is 3.09. The summed E-state index contributed by atoms with van der Waals surface area (Å²) in [6.07, 6.45) is 0.0845. The normalized spacial score (nSPS) is 21.4. The highest BCUT2D eigenvalue weighted by atomic mass is 16.4. The van der Waals surface area contributed by atoms with Crippen LogP contribution in [-0.4, -0.2) is 150 Å². The summed E-state index contributed by atoms with van der Waals surface area (Å²) in [5, 5.41) is 36.7. The number of aliphatic carboxylic acids is 4. The fourth-order valence-corrected chi connectivity index (χ4v) is 3.39. The summed E-state index contributed by atoms with van der Waals surface area (Å²) in [7, 11) is 5.85. The zero-order chi connectivity index (χ0) is 22.7. The SMILES string of the molecule is [B]CC1CN(CC(=O)O)CCN(CC(=O)O)CCN(CC(=O)O)CCN1CC(=O)O. The van der Waals surface area contributed by atoms with Crippen LogP contribution in [0.2, 0.25) is 6.32 Å². The Morgan fingerprint density at radius 2 is 1.00 bits per heavy atom. The van der Waals surface area contributed by atoms with Crippen molar-refractivity contribution in [2.45, 2.75) is 12.4 Å². The van der Waals surface area contributed by atoms with Crippen molar-refractivity contribution in [1.82, 2.24) is 19.6 Å². The lowest BCUT2D eigenvalue weighted by Gasteiger charge is -2.37. The second kappa shape index (κ2) is 13.2. The van der Waals surface area contributed by atoms with Gasteiger partial charge in [-0.3, -0.25) is 38.8 Å². The molecule has 12 nitrogen and oxygen atoms in total. The molecule has 30 heavy (non-hydrogen) atoms. The summed E-state index contributed by atoms with van der Waals surface area (Å²) in [4.78, 5) is 51.4. The smallest absolute Gasteiger partial charge is 0.317 e. The molecule has 0 aromatic rings. The third kappa shape index (κ3) is 10.5. The quantitative estimate of drug-likeness (QED) is 0.286. The van der Waals surface area contributed by atoms with E-state index >= 15 is 0 Å². The Bertz CT molecular complexity index is 608. The molecule has 0 bridgehead atoms. The van der Waals surface area contributed by atoms with E-state index in [9.17, 15) is 29.4 Å². The van der Waals surface area contributed by atoms with E-state index in [4.69, 9.17) is 18.1 Å². The second-order valence-electron chi connectivity index (χ2n) is 7.22. The van der Waals surface area contributed by atoms with Gasteiger partial charge in [-0.05, 0) is 0 Å². The molecule has 1 aliphatic rings. The maximum absolute atomic E-state index is 11.3. The number of rotatable bonds is 9. The number of hydrogen-bond donors (Lipinski definition) is 4. The molecule has 13 heteroatoms. The fraction of sp³-hybridized carbons (Fsp3) is 0.765. The molecule has 4 N–H and O–H groups in total. The van der Waals surface area contributed by atoms with Crippen molar-refractivity contribution in [3.63, 3.8) is 0 Å². The first-order valence-electron chi connectivity index (χ1n) is 9.59. The lowest BCUT2D eigenvalue weighted by molar-refractivity contribution is -0.142. The number of carbonyl (C=O) groups is 4. The summed E-state index contributed by atoms with van der Waals surface area (Å²) >= 11 is 0. The third-order valence-corrected chi connectivity index (χ3v) is 4.84. The minimum atomic E-state index is -1.07. The van der Waals surface area contributed by atoms with Crippen LogP contribution in [0.5, 0.6) is 0 Å². The van der Waals surface area contributed by atoms with Gasteiger partial charge in [0.15, 0.2) is 0 Å². The van der Waals surface area contributed by atoms with Gasteiger partial charge in [0.2, 0.25) is 0 Å². The van der Waals surface area contributed by atoms with Crippen LogP contribution in [0.25, 0.3) is 0 Å². The number of carboxylic acid groups (broad SMARTS) is 4. The molecule has 1 unspecified atom stereocenters. The number of nitrogens with zero attached hydrogens (tertiary/aromatic N) is 4. The molecule has 0 saturated carbocycles. The first-order chi connectivity index (χ1) is 14.1. The van der Waals surface area contributed by atoms with Crippen molar-refractivity contribution in [2.24, 2.45) is 0 Å². The van der Waals surface area contributed by atoms with E-state index < -0.39 is 29.9 Å². The third-order valence-electron chi connectivity index (χ3n) is 4.84. The van der Waals surface area contributed by atoms with Crippen LogP contribution in [-0.2, 0) is 19.2 Å². The van der Waals surface area contributed by atoms with E-state index in [2.05, 4.69) is 0 Å². The van der Waals surface area contributed by atoms with Gasteiger partial charge < -0.3 is 20.4 Å². The Kier molecular flexibility index (Phi) is 11.3. The van der Waals surface area contributed by atoms with Crippen molar-refractivity contribution < 1.29 is 39.6 Å². The topological polar surface area (TPSA) is 162 Å². The van der Waals surface area contributed by atoms with Crippen molar-refractivity contribution in [2.75, 3.05) is 72.0 Å². The van der Waals surface area contributed by atoms with Crippen molar-refractivity contribution in [3.8, 4) is 0 Å². The van der Waals surface area contributed by atoms with Gasteiger partial charge in [-0.2, -0.15) is 0 Å². The Morgan fingerprint density at radius 1 is 0.633 bits per heavy atom.